The fourth-order valence-electron chi connectivity index (χ4n) is 1.67. The van der Waals surface area contributed by atoms with E-state index in [4.69, 9.17) is 11.6 Å². The van der Waals surface area contributed by atoms with Gasteiger partial charge in [-0.25, -0.2) is 9.97 Å². The number of hydrogen-bond donors (Lipinski definition) is 3. The number of H-pyrrole nitrogens is 2. The smallest absolute Gasteiger partial charge is 0.226 e. The van der Waals surface area contributed by atoms with Gasteiger partial charge in [0.05, 0.1) is 6.33 Å². The Balaban J connectivity index is 1.75. The first kappa shape index (κ1) is 11.0. The quantitative estimate of drug-likeness (QED) is 0.618. The van der Waals surface area contributed by atoms with Crippen molar-refractivity contribution in [1.82, 2.24) is 29.9 Å². The molecule has 7 nitrogen and oxygen atoms in total. The van der Waals surface area contributed by atoms with Gasteiger partial charge in [-0.3, -0.25) is 0 Å². The summed E-state index contributed by atoms with van der Waals surface area (Å²) in [5.41, 5.74) is 1.30. The van der Waals surface area contributed by atoms with Crippen molar-refractivity contribution < 1.29 is 0 Å². The van der Waals surface area contributed by atoms with Crippen LogP contribution in [-0.2, 0) is 6.42 Å². The highest BCUT2D eigenvalue weighted by Gasteiger charge is 2.08. The van der Waals surface area contributed by atoms with Gasteiger partial charge in [-0.1, -0.05) is 0 Å². The molecule has 3 aromatic rings. The van der Waals surface area contributed by atoms with E-state index in [0.29, 0.717) is 18.0 Å². The maximum absolute atomic E-state index is 5.82. The Kier molecular flexibility index (Phi) is 2.81. The van der Waals surface area contributed by atoms with Crippen LogP contribution in [0.25, 0.3) is 11.2 Å². The lowest BCUT2D eigenvalue weighted by Gasteiger charge is -2.05. The third-order valence-corrected chi connectivity index (χ3v) is 2.64. The zero-order chi connectivity index (χ0) is 12.4. The average Bonchev–Trinajstić information content (AvgIpc) is 2.98. The van der Waals surface area contributed by atoms with Crippen molar-refractivity contribution in [2.45, 2.75) is 6.42 Å². The topological polar surface area (TPSA) is 95.2 Å². The molecule has 3 heterocycles. The molecule has 0 aliphatic heterocycles. The van der Waals surface area contributed by atoms with Gasteiger partial charge in [0.15, 0.2) is 11.5 Å². The highest BCUT2D eigenvalue weighted by atomic mass is 35.5. The summed E-state index contributed by atoms with van der Waals surface area (Å²) < 4.78 is 0. The molecule has 3 N–H and O–H groups in total. The standard InChI is InChI=1S/C10H10ClN7/c11-10-17-8(7-9(18-10)16-5-15-7)14-2-1-6-12-3-4-13-6/h3-5H,1-2H2,(H,12,13)(H2,14,15,16,17,18). The number of hydrogen-bond acceptors (Lipinski definition) is 5. The van der Waals surface area contributed by atoms with Crippen LogP contribution in [0.5, 0.6) is 0 Å². The molecule has 18 heavy (non-hydrogen) atoms. The van der Waals surface area contributed by atoms with E-state index in [1.54, 1.807) is 18.7 Å². The number of nitrogens with zero attached hydrogens (tertiary/aromatic N) is 4. The number of aromatic amines is 2. The van der Waals surface area contributed by atoms with Gasteiger partial charge in [0, 0.05) is 25.4 Å². The second-order valence-corrected chi connectivity index (χ2v) is 3.99. The fraction of sp³-hybridized carbons (Fsp3) is 0.200. The Bertz CT molecular complexity index is 645. The van der Waals surface area contributed by atoms with Gasteiger partial charge >= 0.3 is 0 Å². The maximum atomic E-state index is 5.82. The van der Waals surface area contributed by atoms with Crippen molar-refractivity contribution in [1.29, 1.82) is 0 Å². The first-order valence-electron chi connectivity index (χ1n) is 5.41. The number of anilines is 1. The highest BCUT2D eigenvalue weighted by Crippen LogP contribution is 2.18. The van der Waals surface area contributed by atoms with Crippen LogP contribution < -0.4 is 5.32 Å². The third kappa shape index (κ3) is 2.12. The van der Waals surface area contributed by atoms with Crippen molar-refractivity contribution in [2.75, 3.05) is 11.9 Å². The molecule has 0 amide bonds. The highest BCUT2D eigenvalue weighted by molar-refractivity contribution is 6.28. The molecule has 0 aromatic carbocycles. The molecule has 3 aromatic heterocycles. The molecule has 0 radical (unpaired) electrons. The first-order chi connectivity index (χ1) is 8.83. The van der Waals surface area contributed by atoms with E-state index in [9.17, 15) is 0 Å². The van der Waals surface area contributed by atoms with E-state index in [1.165, 1.54) is 0 Å². The van der Waals surface area contributed by atoms with Crippen LogP contribution in [0.3, 0.4) is 0 Å². The molecule has 92 valence electrons. The van der Waals surface area contributed by atoms with Gasteiger partial charge in [0.2, 0.25) is 5.28 Å². The number of fused-ring (bicyclic) bond motifs is 1. The van der Waals surface area contributed by atoms with Gasteiger partial charge < -0.3 is 15.3 Å². The van der Waals surface area contributed by atoms with Crippen LogP contribution >= 0.6 is 11.6 Å². The SMILES string of the molecule is Clc1nc(NCCc2ncc[nH]2)c2[nH]cnc2n1. The lowest BCUT2D eigenvalue weighted by Crippen LogP contribution is -2.08. The van der Waals surface area contributed by atoms with E-state index < -0.39 is 0 Å². The van der Waals surface area contributed by atoms with Crippen LogP contribution in [0.4, 0.5) is 5.82 Å². The molecule has 0 aliphatic carbocycles. The Morgan fingerprint density at radius 3 is 3.00 bits per heavy atom. The normalized spacial score (nSPS) is 10.9. The van der Waals surface area contributed by atoms with E-state index in [2.05, 4.69) is 35.2 Å². The second-order valence-electron chi connectivity index (χ2n) is 3.66. The zero-order valence-electron chi connectivity index (χ0n) is 9.31. The van der Waals surface area contributed by atoms with Crippen molar-refractivity contribution >= 4 is 28.6 Å². The number of rotatable bonds is 4. The monoisotopic (exact) mass is 263 g/mol. The van der Waals surface area contributed by atoms with E-state index >= 15 is 0 Å². The number of nitrogens with one attached hydrogen (secondary N) is 3. The maximum Gasteiger partial charge on any atom is 0.226 e. The molecule has 0 atom stereocenters. The Morgan fingerprint density at radius 1 is 1.22 bits per heavy atom. The van der Waals surface area contributed by atoms with E-state index in [-0.39, 0.29) is 5.28 Å². The fourth-order valence-corrected chi connectivity index (χ4v) is 1.83. The van der Waals surface area contributed by atoms with E-state index in [1.807, 2.05) is 0 Å². The van der Waals surface area contributed by atoms with Crippen molar-refractivity contribution in [3.63, 3.8) is 0 Å². The van der Waals surface area contributed by atoms with Crippen LogP contribution in [0.2, 0.25) is 5.28 Å². The van der Waals surface area contributed by atoms with Crippen LogP contribution in [0.1, 0.15) is 5.82 Å². The molecule has 0 aliphatic rings. The molecule has 0 unspecified atom stereocenters. The van der Waals surface area contributed by atoms with Crippen LogP contribution in [-0.4, -0.2) is 36.4 Å². The Labute approximate surface area is 107 Å². The van der Waals surface area contributed by atoms with Crippen molar-refractivity contribution in [2.24, 2.45) is 0 Å². The third-order valence-electron chi connectivity index (χ3n) is 2.47. The summed E-state index contributed by atoms with van der Waals surface area (Å²) in [5.74, 6) is 1.57. The minimum Gasteiger partial charge on any atom is -0.368 e. The van der Waals surface area contributed by atoms with Gasteiger partial charge in [-0.15, -0.1) is 0 Å². The van der Waals surface area contributed by atoms with Gasteiger partial charge in [0.1, 0.15) is 11.3 Å². The predicted octanol–water partition coefficient (Wildman–Crippen LogP) is 1.38. The largest absolute Gasteiger partial charge is 0.368 e. The summed E-state index contributed by atoms with van der Waals surface area (Å²) in [5, 5.41) is 3.36. The van der Waals surface area contributed by atoms with Crippen molar-refractivity contribution in [3.8, 4) is 0 Å². The van der Waals surface area contributed by atoms with Crippen LogP contribution in [0.15, 0.2) is 18.7 Å². The molecule has 0 bridgehead atoms. The lowest BCUT2D eigenvalue weighted by atomic mass is 10.4. The van der Waals surface area contributed by atoms with E-state index in [0.717, 1.165) is 17.8 Å². The molecular formula is C10H10ClN7. The molecule has 0 fully saturated rings. The minimum absolute atomic E-state index is 0.176. The summed E-state index contributed by atoms with van der Waals surface area (Å²) in [6, 6.07) is 0. The van der Waals surface area contributed by atoms with Gasteiger partial charge in [-0.2, -0.15) is 9.97 Å². The predicted molar refractivity (Wildman–Crippen MR) is 67.5 cm³/mol. The summed E-state index contributed by atoms with van der Waals surface area (Å²) >= 11 is 5.82. The molecular weight excluding hydrogens is 254 g/mol. The Hall–Kier alpha value is -2.15. The zero-order valence-corrected chi connectivity index (χ0v) is 10.1. The number of aromatic nitrogens is 6. The molecule has 0 saturated carbocycles. The summed E-state index contributed by atoms with van der Waals surface area (Å²) in [6.07, 6.45) is 5.85. The summed E-state index contributed by atoms with van der Waals surface area (Å²) in [6.45, 7) is 0.689. The molecule has 0 spiro atoms. The van der Waals surface area contributed by atoms with Crippen molar-refractivity contribution in [3.05, 3.63) is 29.8 Å². The first-order valence-corrected chi connectivity index (χ1v) is 5.79. The molecule has 0 saturated heterocycles. The lowest BCUT2D eigenvalue weighted by molar-refractivity contribution is 0.922. The summed E-state index contributed by atoms with van der Waals surface area (Å²) in [4.78, 5) is 22.3. The second kappa shape index (κ2) is 4.61. The average molecular weight is 264 g/mol. The number of halogens is 1. The minimum atomic E-state index is 0.176. The van der Waals surface area contributed by atoms with Gasteiger partial charge in [0.25, 0.3) is 0 Å². The van der Waals surface area contributed by atoms with Crippen LogP contribution in [0, 0.1) is 0 Å². The molecule has 3 rings (SSSR count). The summed E-state index contributed by atoms with van der Waals surface area (Å²) in [7, 11) is 0. The molecule has 8 heteroatoms. The Morgan fingerprint density at radius 2 is 2.17 bits per heavy atom. The number of imidazole rings is 2. The van der Waals surface area contributed by atoms with Gasteiger partial charge in [-0.05, 0) is 11.6 Å².